The van der Waals surface area contributed by atoms with E-state index < -0.39 is 0 Å². The first-order chi connectivity index (χ1) is 19.1. The Kier molecular flexibility index (Phi) is 6.54. The summed E-state index contributed by atoms with van der Waals surface area (Å²) in [4.78, 5) is 7.17. The number of rotatable bonds is 6. The van der Waals surface area contributed by atoms with Gasteiger partial charge in [0.2, 0.25) is 0 Å². The van der Waals surface area contributed by atoms with Crippen LogP contribution in [0, 0.1) is 23.7 Å². The molecule has 39 heavy (non-hydrogen) atoms. The molecule has 1 fully saturated rings. The van der Waals surface area contributed by atoms with E-state index in [4.69, 9.17) is 11.4 Å². The molecule has 0 bridgehead atoms. The normalized spacial score (nSPS) is 13.9. The Balaban J connectivity index is 1.17. The van der Waals surface area contributed by atoms with Gasteiger partial charge in [-0.25, -0.2) is 9.50 Å². The van der Waals surface area contributed by atoms with Gasteiger partial charge in [-0.3, -0.25) is 4.68 Å². The summed E-state index contributed by atoms with van der Waals surface area (Å²) in [5, 5.41) is 22.1. The summed E-state index contributed by atoms with van der Waals surface area (Å²) in [6.45, 7) is 2.73. The van der Waals surface area contributed by atoms with Crippen molar-refractivity contribution in [2.75, 3.05) is 18.0 Å². The molecule has 0 spiro atoms. The van der Waals surface area contributed by atoms with Crippen LogP contribution in [0.4, 0.5) is 5.82 Å². The summed E-state index contributed by atoms with van der Waals surface area (Å²) in [7, 11) is 1.89. The Bertz CT molecular complexity index is 1690. The molecule has 8 heteroatoms. The smallest absolute Gasteiger partial charge is 0.128 e. The van der Waals surface area contributed by atoms with Gasteiger partial charge in [0.05, 0.1) is 23.5 Å². The van der Waals surface area contributed by atoms with Crippen LogP contribution in [0.1, 0.15) is 29.5 Å². The summed E-state index contributed by atoms with van der Waals surface area (Å²) in [6.07, 6.45) is 16.8. The second-order valence-electron chi connectivity index (χ2n) is 9.90. The van der Waals surface area contributed by atoms with E-state index >= 15 is 0 Å². The fourth-order valence-electron chi connectivity index (χ4n) is 5.18. The molecular formula is C31H28N8. The Morgan fingerprint density at radius 3 is 2.46 bits per heavy atom. The lowest BCUT2D eigenvalue weighted by atomic mass is 10.0. The van der Waals surface area contributed by atoms with Gasteiger partial charge in [-0.05, 0) is 48.7 Å². The van der Waals surface area contributed by atoms with Crippen LogP contribution in [-0.4, -0.2) is 43.5 Å². The lowest BCUT2D eigenvalue weighted by Crippen LogP contribution is -2.42. The van der Waals surface area contributed by atoms with E-state index in [1.807, 2.05) is 44.0 Å². The van der Waals surface area contributed by atoms with Gasteiger partial charge in [0, 0.05) is 79.1 Å². The van der Waals surface area contributed by atoms with Crippen LogP contribution < -0.4 is 10.2 Å². The van der Waals surface area contributed by atoms with Crippen molar-refractivity contribution in [3.05, 3.63) is 90.1 Å². The van der Waals surface area contributed by atoms with Crippen LogP contribution in [-0.2, 0) is 13.6 Å². The van der Waals surface area contributed by atoms with E-state index in [-0.39, 0.29) is 0 Å². The van der Waals surface area contributed by atoms with Crippen LogP contribution in [0.3, 0.4) is 0 Å². The predicted molar refractivity (Wildman–Crippen MR) is 152 cm³/mol. The Morgan fingerprint density at radius 2 is 1.79 bits per heavy atom. The van der Waals surface area contributed by atoms with E-state index in [9.17, 15) is 5.26 Å². The van der Waals surface area contributed by atoms with Crippen molar-refractivity contribution < 1.29 is 0 Å². The summed E-state index contributed by atoms with van der Waals surface area (Å²) in [6, 6.07) is 17.2. The highest BCUT2D eigenvalue weighted by Crippen LogP contribution is 2.32. The Labute approximate surface area is 227 Å². The van der Waals surface area contributed by atoms with Crippen LogP contribution in [0.2, 0.25) is 0 Å². The maximum atomic E-state index is 9.69. The van der Waals surface area contributed by atoms with Crippen LogP contribution in [0.25, 0.3) is 27.8 Å². The molecular weight excluding hydrogens is 484 g/mol. The number of nitrogens with one attached hydrogen (secondary N) is 1. The van der Waals surface area contributed by atoms with E-state index in [0.29, 0.717) is 11.6 Å². The van der Waals surface area contributed by atoms with Crippen molar-refractivity contribution in [1.29, 1.82) is 5.26 Å². The molecule has 5 heterocycles. The summed E-state index contributed by atoms with van der Waals surface area (Å²) >= 11 is 0. The molecule has 1 aliphatic rings. The molecule has 8 nitrogen and oxygen atoms in total. The highest BCUT2D eigenvalue weighted by molar-refractivity contribution is 5.87. The van der Waals surface area contributed by atoms with Crippen molar-refractivity contribution in [1.82, 2.24) is 29.7 Å². The number of nitrogens with zero attached hydrogens (tertiary/aromatic N) is 7. The van der Waals surface area contributed by atoms with Crippen LogP contribution in [0.15, 0.2) is 73.4 Å². The Hall–Kier alpha value is -4.92. The molecule has 4 aromatic heterocycles. The van der Waals surface area contributed by atoms with Gasteiger partial charge < -0.3 is 10.2 Å². The standard InChI is InChI=1S/C31H28N8/c1-3-22-4-6-23(7-5-22)16-33-28-10-12-38(13-11-28)30-9-8-24(17-34-30)29-14-25(27-19-35-37(2)20-27)21-39-31(29)26(15-32)18-36-39/h1,4-9,14,17-21,28,33H,10-13,16H2,2H3. The fraction of sp³-hybridized carbons (Fsp3) is 0.226. The third-order valence-electron chi connectivity index (χ3n) is 7.36. The van der Waals surface area contributed by atoms with Gasteiger partial charge >= 0.3 is 0 Å². The van der Waals surface area contributed by atoms with Gasteiger partial charge in [0.25, 0.3) is 0 Å². The number of aromatic nitrogens is 5. The summed E-state index contributed by atoms with van der Waals surface area (Å²) in [5.41, 5.74) is 7.29. The number of pyridine rings is 2. The summed E-state index contributed by atoms with van der Waals surface area (Å²) < 4.78 is 3.54. The molecule has 0 unspecified atom stereocenters. The van der Waals surface area contributed by atoms with Crippen molar-refractivity contribution >= 4 is 11.3 Å². The number of terminal acetylenes is 1. The van der Waals surface area contributed by atoms with Gasteiger partial charge in [0.1, 0.15) is 11.9 Å². The number of anilines is 1. The SMILES string of the molecule is C#Cc1ccc(CNC2CCN(c3ccc(-c4cc(-c5cnn(C)c5)cn5ncc(C#N)c45)cn3)CC2)cc1. The van der Waals surface area contributed by atoms with E-state index in [0.717, 1.165) is 71.6 Å². The maximum Gasteiger partial charge on any atom is 0.128 e. The molecule has 1 aliphatic heterocycles. The third-order valence-corrected chi connectivity index (χ3v) is 7.36. The van der Waals surface area contributed by atoms with E-state index in [2.05, 4.69) is 62.7 Å². The van der Waals surface area contributed by atoms with Gasteiger partial charge in [-0.1, -0.05) is 18.1 Å². The largest absolute Gasteiger partial charge is 0.357 e. The summed E-state index contributed by atoms with van der Waals surface area (Å²) in [5.74, 6) is 3.63. The zero-order valence-electron chi connectivity index (χ0n) is 21.7. The molecule has 0 saturated carbocycles. The van der Waals surface area contributed by atoms with Gasteiger partial charge in [-0.15, -0.1) is 6.42 Å². The van der Waals surface area contributed by atoms with Crippen molar-refractivity contribution in [2.45, 2.75) is 25.4 Å². The number of hydrogen-bond donors (Lipinski definition) is 1. The van der Waals surface area contributed by atoms with Crippen LogP contribution in [0.5, 0.6) is 0 Å². The second kappa shape index (κ2) is 10.4. The zero-order valence-corrected chi connectivity index (χ0v) is 21.7. The molecule has 0 aliphatic carbocycles. The molecule has 0 atom stereocenters. The highest BCUT2D eigenvalue weighted by Gasteiger charge is 2.20. The number of hydrogen-bond acceptors (Lipinski definition) is 6. The number of piperidine rings is 1. The average Bonchev–Trinajstić information content (AvgIpc) is 3.62. The lowest BCUT2D eigenvalue weighted by molar-refractivity contribution is 0.413. The maximum absolute atomic E-state index is 9.69. The van der Waals surface area contributed by atoms with Gasteiger partial charge in [0.15, 0.2) is 0 Å². The van der Waals surface area contributed by atoms with Crippen molar-refractivity contribution in [3.8, 4) is 40.7 Å². The first kappa shape index (κ1) is 24.4. The molecule has 1 N–H and O–H groups in total. The number of aryl methyl sites for hydroxylation is 1. The fourth-order valence-corrected chi connectivity index (χ4v) is 5.18. The average molecular weight is 513 g/mol. The molecule has 5 aromatic rings. The van der Waals surface area contributed by atoms with E-state index in [1.165, 1.54) is 5.56 Å². The predicted octanol–water partition coefficient (Wildman–Crippen LogP) is 4.41. The minimum atomic E-state index is 0.475. The quantitative estimate of drug-likeness (QED) is 0.339. The topological polar surface area (TPSA) is 87.1 Å². The second-order valence-corrected chi connectivity index (χ2v) is 9.90. The molecule has 0 amide bonds. The number of nitriles is 1. The first-order valence-corrected chi connectivity index (χ1v) is 13.0. The van der Waals surface area contributed by atoms with Crippen molar-refractivity contribution in [2.24, 2.45) is 7.05 Å². The molecule has 1 saturated heterocycles. The number of benzene rings is 1. The molecule has 6 rings (SSSR count). The zero-order chi connectivity index (χ0) is 26.8. The minimum Gasteiger partial charge on any atom is -0.357 e. The lowest BCUT2D eigenvalue weighted by Gasteiger charge is -2.33. The molecule has 192 valence electrons. The Morgan fingerprint density at radius 1 is 0.974 bits per heavy atom. The molecule has 1 aromatic carbocycles. The highest BCUT2D eigenvalue weighted by atomic mass is 15.2. The van der Waals surface area contributed by atoms with Crippen molar-refractivity contribution in [3.63, 3.8) is 0 Å². The monoisotopic (exact) mass is 512 g/mol. The van der Waals surface area contributed by atoms with Crippen LogP contribution >= 0.6 is 0 Å². The third kappa shape index (κ3) is 4.98. The van der Waals surface area contributed by atoms with Gasteiger partial charge in [-0.2, -0.15) is 15.5 Å². The number of fused-ring (bicyclic) bond motifs is 1. The first-order valence-electron chi connectivity index (χ1n) is 13.0. The minimum absolute atomic E-state index is 0.475. The molecule has 0 radical (unpaired) electrons. The van der Waals surface area contributed by atoms with E-state index in [1.54, 1.807) is 15.4 Å².